The summed E-state index contributed by atoms with van der Waals surface area (Å²) < 4.78 is 26.8. The van der Waals surface area contributed by atoms with E-state index in [4.69, 9.17) is 0 Å². The quantitative estimate of drug-likeness (QED) is 0.782. The van der Waals surface area contributed by atoms with Crippen LogP contribution in [0.2, 0.25) is 0 Å². The first-order valence-corrected chi connectivity index (χ1v) is 8.05. The molecule has 0 spiro atoms. The monoisotopic (exact) mass is 338 g/mol. The fourth-order valence-corrected chi connectivity index (χ4v) is 3.01. The lowest BCUT2D eigenvalue weighted by molar-refractivity contribution is 0.586. The first-order valence-electron chi connectivity index (χ1n) is 8.05. The minimum atomic E-state index is -0.660. The Balaban J connectivity index is 1.56. The van der Waals surface area contributed by atoms with Crippen LogP contribution in [-0.2, 0) is 13.0 Å². The summed E-state index contributed by atoms with van der Waals surface area (Å²) in [7, 11) is 0. The summed E-state index contributed by atoms with van der Waals surface area (Å²) in [4.78, 5) is 10.6. The largest absolute Gasteiger partial charge is 0.352 e. The van der Waals surface area contributed by atoms with Gasteiger partial charge in [0.15, 0.2) is 0 Å². The van der Waals surface area contributed by atoms with Gasteiger partial charge in [-0.25, -0.2) is 18.7 Å². The summed E-state index contributed by atoms with van der Waals surface area (Å²) in [5, 5.41) is 2.88. The molecular weight excluding hydrogens is 322 g/mol. The molecule has 0 aliphatic carbocycles. The average Bonchev–Trinajstić information content (AvgIpc) is 2.64. The zero-order valence-corrected chi connectivity index (χ0v) is 13.4. The second kappa shape index (κ2) is 6.47. The standard InChI is InChI=1S/C19H16F2N4/c20-15-5-6-17(16(21)9-15)24-18-10-19(23-12-22-18)25-8-7-13-3-1-2-4-14(13)11-25/h1-6,9-10,12H,7-8,11H2,(H,22,23,24). The molecule has 0 saturated carbocycles. The smallest absolute Gasteiger partial charge is 0.149 e. The van der Waals surface area contributed by atoms with Gasteiger partial charge in [-0.05, 0) is 29.7 Å². The molecule has 2 heterocycles. The lowest BCUT2D eigenvalue weighted by Crippen LogP contribution is -2.31. The lowest BCUT2D eigenvalue weighted by atomic mass is 10.00. The molecule has 25 heavy (non-hydrogen) atoms. The first-order chi connectivity index (χ1) is 12.2. The molecule has 0 atom stereocenters. The molecule has 4 rings (SSSR count). The molecule has 0 amide bonds. The van der Waals surface area contributed by atoms with Crippen LogP contribution in [0, 0.1) is 11.6 Å². The van der Waals surface area contributed by atoms with E-state index in [2.05, 4.69) is 38.4 Å². The van der Waals surface area contributed by atoms with Crippen LogP contribution in [0.25, 0.3) is 0 Å². The van der Waals surface area contributed by atoms with Crippen LogP contribution in [0.4, 0.5) is 26.1 Å². The maximum Gasteiger partial charge on any atom is 0.149 e. The fraction of sp³-hybridized carbons (Fsp3) is 0.158. The maximum atomic E-state index is 13.8. The molecule has 1 aliphatic rings. The summed E-state index contributed by atoms with van der Waals surface area (Å²) in [6, 6.07) is 13.5. The zero-order chi connectivity index (χ0) is 17.2. The Morgan fingerprint density at radius 1 is 0.960 bits per heavy atom. The van der Waals surface area contributed by atoms with Crippen LogP contribution < -0.4 is 10.2 Å². The molecule has 1 N–H and O–H groups in total. The van der Waals surface area contributed by atoms with Crippen molar-refractivity contribution in [1.29, 1.82) is 0 Å². The Morgan fingerprint density at radius 3 is 2.64 bits per heavy atom. The van der Waals surface area contributed by atoms with Crippen molar-refractivity contribution in [3.8, 4) is 0 Å². The van der Waals surface area contributed by atoms with Crippen LogP contribution in [0.5, 0.6) is 0 Å². The summed E-state index contributed by atoms with van der Waals surface area (Å²) in [5.41, 5.74) is 2.82. The van der Waals surface area contributed by atoms with E-state index in [-0.39, 0.29) is 5.69 Å². The van der Waals surface area contributed by atoms with Crippen molar-refractivity contribution in [1.82, 2.24) is 9.97 Å². The summed E-state index contributed by atoms with van der Waals surface area (Å²) >= 11 is 0. The van der Waals surface area contributed by atoms with Crippen molar-refractivity contribution in [2.45, 2.75) is 13.0 Å². The third kappa shape index (κ3) is 3.28. The highest BCUT2D eigenvalue weighted by Gasteiger charge is 2.17. The topological polar surface area (TPSA) is 41.0 Å². The summed E-state index contributed by atoms with van der Waals surface area (Å²) in [5.74, 6) is -0.0330. The van der Waals surface area contributed by atoms with Crippen molar-refractivity contribution in [2.75, 3.05) is 16.8 Å². The summed E-state index contributed by atoms with van der Waals surface area (Å²) in [6.07, 6.45) is 2.40. The SMILES string of the molecule is Fc1ccc(Nc2cc(N3CCc4ccccc4C3)ncn2)c(F)c1. The third-order valence-electron chi connectivity index (χ3n) is 4.30. The molecule has 3 aromatic rings. The third-order valence-corrected chi connectivity index (χ3v) is 4.30. The number of halogens is 2. The lowest BCUT2D eigenvalue weighted by Gasteiger charge is -2.29. The molecule has 0 saturated heterocycles. The van der Waals surface area contributed by atoms with E-state index in [9.17, 15) is 8.78 Å². The molecule has 126 valence electrons. The molecule has 0 unspecified atom stereocenters. The van der Waals surface area contributed by atoms with Gasteiger partial charge in [-0.1, -0.05) is 24.3 Å². The molecule has 0 fully saturated rings. The van der Waals surface area contributed by atoms with E-state index >= 15 is 0 Å². The van der Waals surface area contributed by atoms with E-state index in [0.717, 1.165) is 31.4 Å². The highest BCUT2D eigenvalue weighted by Crippen LogP contribution is 2.25. The minimum Gasteiger partial charge on any atom is -0.352 e. The Morgan fingerprint density at radius 2 is 1.80 bits per heavy atom. The van der Waals surface area contributed by atoms with Gasteiger partial charge in [0.05, 0.1) is 5.69 Å². The Hall–Kier alpha value is -3.02. The highest BCUT2D eigenvalue weighted by molar-refractivity contribution is 5.60. The minimum absolute atomic E-state index is 0.176. The van der Waals surface area contributed by atoms with Crippen molar-refractivity contribution in [3.63, 3.8) is 0 Å². The van der Waals surface area contributed by atoms with E-state index in [1.807, 2.05) is 6.07 Å². The fourth-order valence-electron chi connectivity index (χ4n) is 3.01. The van der Waals surface area contributed by atoms with E-state index in [1.165, 1.54) is 29.6 Å². The van der Waals surface area contributed by atoms with Crippen molar-refractivity contribution < 1.29 is 8.78 Å². The van der Waals surface area contributed by atoms with Crippen LogP contribution in [0.1, 0.15) is 11.1 Å². The van der Waals surface area contributed by atoms with Crippen molar-refractivity contribution in [2.24, 2.45) is 0 Å². The number of aromatic nitrogens is 2. The van der Waals surface area contributed by atoms with Gasteiger partial charge in [0, 0.05) is 25.2 Å². The number of hydrogen-bond donors (Lipinski definition) is 1. The van der Waals surface area contributed by atoms with Gasteiger partial charge in [-0.2, -0.15) is 0 Å². The predicted molar refractivity (Wildman–Crippen MR) is 92.9 cm³/mol. The highest BCUT2D eigenvalue weighted by atomic mass is 19.1. The number of anilines is 3. The maximum absolute atomic E-state index is 13.8. The molecule has 0 radical (unpaired) electrons. The normalized spacial score (nSPS) is 13.4. The van der Waals surface area contributed by atoms with Gasteiger partial charge in [0.2, 0.25) is 0 Å². The van der Waals surface area contributed by atoms with Crippen LogP contribution in [-0.4, -0.2) is 16.5 Å². The number of rotatable bonds is 3. The number of hydrogen-bond acceptors (Lipinski definition) is 4. The molecule has 1 aromatic heterocycles. The average molecular weight is 338 g/mol. The number of nitrogens with zero attached hydrogens (tertiary/aromatic N) is 3. The molecule has 1 aliphatic heterocycles. The Bertz CT molecular complexity index is 913. The van der Waals surface area contributed by atoms with E-state index < -0.39 is 11.6 Å². The number of fused-ring (bicyclic) bond motifs is 1. The molecule has 6 heteroatoms. The molecular formula is C19H16F2N4. The summed E-state index contributed by atoms with van der Waals surface area (Å²) in [6.45, 7) is 1.63. The van der Waals surface area contributed by atoms with E-state index in [0.29, 0.717) is 5.82 Å². The van der Waals surface area contributed by atoms with Gasteiger partial charge in [0.25, 0.3) is 0 Å². The molecule has 2 aromatic carbocycles. The molecule has 4 nitrogen and oxygen atoms in total. The van der Waals surface area contributed by atoms with Gasteiger partial charge < -0.3 is 10.2 Å². The van der Waals surface area contributed by atoms with Gasteiger partial charge in [0.1, 0.15) is 29.6 Å². The number of benzene rings is 2. The van der Waals surface area contributed by atoms with Crippen molar-refractivity contribution >= 4 is 17.3 Å². The molecule has 0 bridgehead atoms. The second-order valence-corrected chi connectivity index (χ2v) is 5.95. The first kappa shape index (κ1) is 15.5. The van der Waals surface area contributed by atoms with Crippen LogP contribution in [0.15, 0.2) is 54.9 Å². The van der Waals surface area contributed by atoms with Gasteiger partial charge in [-0.15, -0.1) is 0 Å². The second-order valence-electron chi connectivity index (χ2n) is 5.95. The predicted octanol–water partition coefficient (Wildman–Crippen LogP) is 4.06. The van der Waals surface area contributed by atoms with Crippen LogP contribution >= 0.6 is 0 Å². The zero-order valence-electron chi connectivity index (χ0n) is 13.4. The van der Waals surface area contributed by atoms with Crippen LogP contribution in [0.3, 0.4) is 0 Å². The van der Waals surface area contributed by atoms with E-state index in [1.54, 1.807) is 6.07 Å². The van der Waals surface area contributed by atoms with Gasteiger partial charge >= 0.3 is 0 Å². The number of nitrogens with one attached hydrogen (secondary N) is 1. The van der Waals surface area contributed by atoms with Gasteiger partial charge in [-0.3, -0.25) is 0 Å². The van der Waals surface area contributed by atoms with Crippen molar-refractivity contribution in [3.05, 3.63) is 77.6 Å². The Labute approximate surface area is 144 Å². The Kier molecular flexibility index (Phi) is 4.01.